The maximum Gasteiger partial charge on any atom is 0.0530 e. The molecule has 0 saturated heterocycles. The molecule has 1 aliphatic rings. The Kier molecular flexibility index (Phi) is 6.10. The molecule has 0 nitrogen and oxygen atoms in total. The first kappa shape index (κ1) is 14.3. The average Bonchev–Trinajstić information content (AvgIpc) is 2.25. The normalized spacial score (nSPS) is 22.3. The lowest BCUT2D eigenvalue weighted by Gasteiger charge is -2.37. The van der Waals surface area contributed by atoms with Gasteiger partial charge >= 0.3 is 0 Å². The monoisotopic (exact) mass is 240 g/mol. The summed E-state index contributed by atoms with van der Waals surface area (Å²) in [6, 6.07) is 0. The molecule has 1 heteroatoms. The van der Waals surface area contributed by atoms with Gasteiger partial charge in [-0.15, -0.1) is 0 Å². The summed E-state index contributed by atoms with van der Waals surface area (Å²) in [5, 5.41) is 0. The SMILES string of the molecule is CC(C)[Si](C)(C)C1CCCCCCCCC1. The molecule has 0 aromatic rings. The van der Waals surface area contributed by atoms with Crippen LogP contribution in [0.5, 0.6) is 0 Å². The van der Waals surface area contributed by atoms with Gasteiger partial charge in [-0.1, -0.05) is 90.3 Å². The zero-order valence-corrected chi connectivity index (χ0v) is 13.0. The quantitative estimate of drug-likeness (QED) is 0.519. The third-order valence-electron chi connectivity index (χ3n) is 5.15. The maximum absolute atomic E-state index is 2.63. The van der Waals surface area contributed by atoms with Gasteiger partial charge in [0.05, 0.1) is 8.07 Å². The van der Waals surface area contributed by atoms with Crippen LogP contribution in [0.1, 0.15) is 71.6 Å². The Morgan fingerprint density at radius 1 is 0.750 bits per heavy atom. The largest absolute Gasteiger partial charge is 0.0690 e. The molecule has 1 fully saturated rings. The van der Waals surface area contributed by atoms with Gasteiger partial charge in [-0.2, -0.15) is 0 Å². The van der Waals surface area contributed by atoms with E-state index in [1.165, 1.54) is 57.8 Å². The molecule has 96 valence electrons. The first-order valence-electron chi connectivity index (χ1n) is 7.55. The van der Waals surface area contributed by atoms with E-state index in [4.69, 9.17) is 0 Å². The van der Waals surface area contributed by atoms with Crippen molar-refractivity contribution in [3.8, 4) is 0 Å². The fourth-order valence-corrected chi connectivity index (χ4v) is 5.86. The van der Waals surface area contributed by atoms with Gasteiger partial charge in [0.1, 0.15) is 0 Å². The molecule has 0 aromatic heterocycles. The highest BCUT2D eigenvalue weighted by molar-refractivity contribution is 6.80. The molecule has 0 aromatic carbocycles. The minimum atomic E-state index is -0.973. The Balaban J connectivity index is 2.53. The van der Waals surface area contributed by atoms with Gasteiger partial charge in [-0.3, -0.25) is 0 Å². The van der Waals surface area contributed by atoms with E-state index in [0.717, 1.165) is 11.1 Å². The lowest BCUT2D eigenvalue weighted by molar-refractivity contribution is 0.494. The van der Waals surface area contributed by atoms with Crippen LogP contribution < -0.4 is 0 Å². The summed E-state index contributed by atoms with van der Waals surface area (Å²) in [7, 11) is -0.973. The zero-order chi connectivity index (χ0) is 12.0. The molecule has 0 bridgehead atoms. The van der Waals surface area contributed by atoms with Crippen molar-refractivity contribution in [3.05, 3.63) is 0 Å². The predicted molar refractivity (Wildman–Crippen MR) is 77.9 cm³/mol. The third kappa shape index (κ3) is 4.23. The highest BCUT2D eigenvalue weighted by Gasteiger charge is 2.33. The minimum Gasteiger partial charge on any atom is -0.0690 e. The van der Waals surface area contributed by atoms with Crippen molar-refractivity contribution < 1.29 is 0 Å². The second-order valence-corrected chi connectivity index (χ2v) is 12.3. The van der Waals surface area contributed by atoms with Crippen molar-refractivity contribution in [1.29, 1.82) is 0 Å². The third-order valence-corrected chi connectivity index (χ3v) is 10.8. The van der Waals surface area contributed by atoms with E-state index < -0.39 is 8.07 Å². The Morgan fingerprint density at radius 2 is 1.12 bits per heavy atom. The Hall–Kier alpha value is 0.217. The molecular weight excluding hydrogens is 208 g/mol. The molecule has 1 aliphatic carbocycles. The molecule has 0 radical (unpaired) electrons. The minimum absolute atomic E-state index is 0.959. The van der Waals surface area contributed by atoms with Gasteiger partial charge in [-0.05, 0) is 5.54 Å². The summed E-state index contributed by atoms with van der Waals surface area (Å²) in [6.07, 6.45) is 13.6. The van der Waals surface area contributed by atoms with E-state index >= 15 is 0 Å². The maximum atomic E-state index is 2.63. The number of hydrogen-bond acceptors (Lipinski definition) is 0. The van der Waals surface area contributed by atoms with Crippen molar-refractivity contribution in [3.63, 3.8) is 0 Å². The topological polar surface area (TPSA) is 0 Å². The molecule has 1 rings (SSSR count). The van der Waals surface area contributed by atoms with Crippen molar-refractivity contribution in [2.45, 2.75) is 95.8 Å². The first-order valence-corrected chi connectivity index (χ1v) is 10.7. The van der Waals surface area contributed by atoms with E-state index in [0.29, 0.717) is 0 Å². The van der Waals surface area contributed by atoms with Crippen LogP contribution in [0.15, 0.2) is 0 Å². The van der Waals surface area contributed by atoms with Crippen LogP contribution in [-0.2, 0) is 0 Å². The van der Waals surface area contributed by atoms with E-state index in [-0.39, 0.29) is 0 Å². The fraction of sp³-hybridized carbons (Fsp3) is 1.00. The summed E-state index contributed by atoms with van der Waals surface area (Å²) < 4.78 is 0. The molecule has 0 spiro atoms. The van der Waals surface area contributed by atoms with Crippen molar-refractivity contribution in [2.24, 2.45) is 0 Å². The first-order chi connectivity index (χ1) is 7.55. The van der Waals surface area contributed by atoms with Gasteiger partial charge in [0, 0.05) is 0 Å². The molecule has 1 saturated carbocycles. The predicted octanol–water partition coefficient (Wildman–Crippen LogP) is 6.00. The van der Waals surface area contributed by atoms with Gasteiger partial charge in [-0.25, -0.2) is 0 Å². The van der Waals surface area contributed by atoms with E-state index in [1.54, 1.807) is 0 Å². The summed E-state index contributed by atoms with van der Waals surface area (Å²) >= 11 is 0. The Bertz CT molecular complexity index is 174. The molecule has 0 amide bonds. The second-order valence-electron chi connectivity index (χ2n) is 6.73. The summed E-state index contributed by atoms with van der Waals surface area (Å²) in [5.41, 5.74) is 2.06. The standard InChI is InChI=1S/C15H32Si/c1-14(2)16(3,4)15-12-10-8-6-5-7-9-11-13-15/h14-15H,5-13H2,1-4H3. The molecule has 0 aliphatic heterocycles. The smallest absolute Gasteiger partial charge is 0.0530 e. The summed E-state index contributed by atoms with van der Waals surface area (Å²) in [4.78, 5) is 0. The lowest BCUT2D eigenvalue weighted by Crippen LogP contribution is -2.36. The molecule has 0 unspecified atom stereocenters. The highest BCUT2D eigenvalue weighted by atomic mass is 28.3. The van der Waals surface area contributed by atoms with E-state index in [9.17, 15) is 0 Å². The van der Waals surface area contributed by atoms with Gasteiger partial charge in [0.15, 0.2) is 0 Å². The molecule has 0 heterocycles. The molecule has 0 atom stereocenters. The Labute approximate surface area is 104 Å². The van der Waals surface area contributed by atoms with Crippen LogP contribution in [0.2, 0.25) is 24.2 Å². The highest BCUT2D eigenvalue weighted by Crippen LogP contribution is 2.40. The summed E-state index contributed by atoms with van der Waals surface area (Å²) in [5.74, 6) is 0. The van der Waals surface area contributed by atoms with Gasteiger partial charge in [0.2, 0.25) is 0 Å². The fourth-order valence-electron chi connectivity index (χ4n) is 3.03. The van der Waals surface area contributed by atoms with Crippen LogP contribution in [0.3, 0.4) is 0 Å². The van der Waals surface area contributed by atoms with Crippen LogP contribution in [0, 0.1) is 0 Å². The van der Waals surface area contributed by atoms with Crippen LogP contribution in [0.4, 0.5) is 0 Å². The number of rotatable bonds is 2. The molecular formula is C15H32Si. The van der Waals surface area contributed by atoms with Crippen LogP contribution >= 0.6 is 0 Å². The molecule has 16 heavy (non-hydrogen) atoms. The molecule has 0 N–H and O–H groups in total. The van der Waals surface area contributed by atoms with Crippen LogP contribution in [0.25, 0.3) is 0 Å². The van der Waals surface area contributed by atoms with Crippen molar-refractivity contribution in [1.82, 2.24) is 0 Å². The van der Waals surface area contributed by atoms with Crippen LogP contribution in [-0.4, -0.2) is 8.07 Å². The second kappa shape index (κ2) is 6.83. The average molecular weight is 241 g/mol. The summed E-state index contributed by atoms with van der Waals surface area (Å²) in [6.45, 7) is 10.2. The van der Waals surface area contributed by atoms with Gasteiger partial charge < -0.3 is 0 Å². The van der Waals surface area contributed by atoms with Gasteiger partial charge in [0.25, 0.3) is 0 Å². The zero-order valence-electron chi connectivity index (χ0n) is 12.0. The lowest BCUT2D eigenvalue weighted by atomic mass is 10.0. The number of hydrogen-bond donors (Lipinski definition) is 0. The van der Waals surface area contributed by atoms with Crippen molar-refractivity contribution in [2.75, 3.05) is 0 Å². The van der Waals surface area contributed by atoms with Crippen molar-refractivity contribution >= 4 is 8.07 Å². The Morgan fingerprint density at radius 3 is 1.50 bits per heavy atom. The van der Waals surface area contributed by atoms with E-state index in [2.05, 4.69) is 26.9 Å². The van der Waals surface area contributed by atoms with E-state index in [1.807, 2.05) is 0 Å².